The molecular formula is C29H48N4O4. The molecule has 37 heavy (non-hydrogen) atoms. The molecule has 208 valence electrons. The fourth-order valence-corrected chi connectivity index (χ4v) is 5.86. The molecule has 4 rings (SSSR count). The van der Waals surface area contributed by atoms with E-state index in [0.29, 0.717) is 6.54 Å². The molecule has 8 heteroatoms. The van der Waals surface area contributed by atoms with Crippen molar-refractivity contribution in [1.29, 1.82) is 0 Å². The molecule has 1 aromatic rings. The second-order valence-electron chi connectivity index (χ2n) is 12.8. The maximum atomic E-state index is 12.4. The lowest BCUT2D eigenvalue weighted by molar-refractivity contribution is -0.0396. The van der Waals surface area contributed by atoms with E-state index in [9.17, 15) is 4.79 Å². The summed E-state index contributed by atoms with van der Waals surface area (Å²) in [6.07, 6.45) is 12.0. The number of nitrogens with zero attached hydrogens (tertiary/aromatic N) is 4. The fourth-order valence-electron chi connectivity index (χ4n) is 5.86. The maximum absolute atomic E-state index is 12.4. The minimum atomic E-state index is -0.492. The molecule has 0 radical (unpaired) electrons. The molecule has 0 bridgehead atoms. The lowest BCUT2D eigenvalue weighted by Gasteiger charge is -2.42. The molecule has 8 nitrogen and oxygen atoms in total. The number of hydrogen-bond donors (Lipinski definition) is 0. The summed E-state index contributed by atoms with van der Waals surface area (Å²) in [7, 11) is 3.90. The van der Waals surface area contributed by atoms with Crippen LogP contribution in [-0.2, 0) is 20.8 Å². The lowest BCUT2D eigenvalue weighted by atomic mass is 9.64. The number of allylic oxidation sites excluding steroid dienone is 2. The van der Waals surface area contributed by atoms with Crippen molar-refractivity contribution in [2.75, 3.05) is 40.4 Å². The van der Waals surface area contributed by atoms with Gasteiger partial charge in [0.2, 0.25) is 0 Å². The number of hydrogen-bond acceptors (Lipinski definition) is 6. The number of likely N-dealkylation sites (N-methyl/N-ethyl adjacent to an activating group) is 2. The fraction of sp³-hybridized carbons (Fsp3) is 0.793. The van der Waals surface area contributed by atoms with Crippen molar-refractivity contribution in [2.24, 2.45) is 5.41 Å². The smallest absolute Gasteiger partial charge is 0.410 e. The Morgan fingerprint density at radius 3 is 2.57 bits per heavy atom. The molecule has 0 aromatic carbocycles. The van der Waals surface area contributed by atoms with E-state index < -0.39 is 5.60 Å². The molecule has 2 aliphatic heterocycles. The van der Waals surface area contributed by atoms with Crippen LogP contribution < -0.4 is 0 Å². The Hall–Kier alpha value is -1.90. The number of rotatable bonds is 7. The van der Waals surface area contributed by atoms with E-state index in [0.717, 1.165) is 70.5 Å². The number of carbonyl (C=O) groups excluding carboxylic acids is 1. The molecule has 3 aliphatic rings. The Balaban J connectivity index is 1.47. The first kappa shape index (κ1) is 28.1. The largest absolute Gasteiger partial charge is 0.444 e. The second-order valence-corrected chi connectivity index (χ2v) is 12.8. The zero-order valence-corrected chi connectivity index (χ0v) is 24.1. The van der Waals surface area contributed by atoms with Crippen molar-refractivity contribution < 1.29 is 19.0 Å². The molecular weight excluding hydrogens is 468 g/mol. The zero-order valence-electron chi connectivity index (χ0n) is 24.1. The van der Waals surface area contributed by atoms with E-state index in [4.69, 9.17) is 19.3 Å². The van der Waals surface area contributed by atoms with E-state index >= 15 is 0 Å². The number of amides is 1. The van der Waals surface area contributed by atoms with E-state index in [1.165, 1.54) is 17.6 Å². The maximum Gasteiger partial charge on any atom is 0.410 e. The number of carbonyl (C=O) groups is 1. The van der Waals surface area contributed by atoms with Crippen LogP contribution >= 0.6 is 0 Å². The summed E-state index contributed by atoms with van der Waals surface area (Å²) < 4.78 is 19.7. The van der Waals surface area contributed by atoms with Gasteiger partial charge in [-0.1, -0.05) is 6.08 Å². The van der Waals surface area contributed by atoms with E-state index in [-0.39, 0.29) is 23.3 Å². The number of ether oxygens (including phenoxy) is 3. The predicted octanol–water partition coefficient (Wildman–Crippen LogP) is 5.63. The summed E-state index contributed by atoms with van der Waals surface area (Å²) in [5.74, 6) is 0. The Morgan fingerprint density at radius 2 is 1.97 bits per heavy atom. The zero-order chi connectivity index (χ0) is 26.8. The van der Waals surface area contributed by atoms with Gasteiger partial charge >= 0.3 is 6.09 Å². The van der Waals surface area contributed by atoms with E-state index in [2.05, 4.69) is 42.7 Å². The molecule has 2 atom stereocenters. The van der Waals surface area contributed by atoms with Crippen molar-refractivity contribution in [3.05, 3.63) is 23.5 Å². The average molecular weight is 517 g/mol. The van der Waals surface area contributed by atoms with Gasteiger partial charge < -0.3 is 24.0 Å². The van der Waals surface area contributed by atoms with Crippen molar-refractivity contribution in [2.45, 2.75) is 104 Å². The molecule has 1 aliphatic carbocycles. The second kappa shape index (κ2) is 11.1. The summed E-state index contributed by atoms with van der Waals surface area (Å²) in [6, 6.07) is 0. The van der Waals surface area contributed by atoms with Gasteiger partial charge in [-0.25, -0.2) is 9.48 Å². The average Bonchev–Trinajstić information content (AvgIpc) is 3.38. The third kappa shape index (κ3) is 6.58. The van der Waals surface area contributed by atoms with Gasteiger partial charge in [0.25, 0.3) is 0 Å². The molecule has 0 N–H and O–H groups in total. The minimum Gasteiger partial charge on any atom is -0.444 e. The van der Waals surface area contributed by atoms with Crippen LogP contribution in [0.2, 0.25) is 0 Å². The standard InChI is InChI=1S/C29H48N4O4/c1-27(2,3)37-26(34)32(7)17-16-31(6)20-23-21-33(24-10-8-9-18-35-24)30-25(23)22-11-13-29(14-12-22)15-19-36-28(29,4)5/h11,21,24H,8-10,12-20H2,1-7H3. The van der Waals surface area contributed by atoms with Crippen LogP contribution in [0.3, 0.4) is 0 Å². The molecule has 2 fully saturated rings. The monoisotopic (exact) mass is 516 g/mol. The lowest BCUT2D eigenvalue weighted by Crippen LogP contribution is -2.40. The molecule has 1 aromatic heterocycles. The van der Waals surface area contributed by atoms with Gasteiger partial charge in [-0.3, -0.25) is 0 Å². The van der Waals surface area contributed by atoms with Crippen LogP contribution in [0.15, 0.2) is 12.3 Å². The predicted molar refractivity (Wildman–Crippen MR) is 145 cm³/mol. The molecule has 3 heterocycles. The first-order valence-electron chi connectivity index (χ1n) is 14.0. The quantitative estimate of drug-likeness (QED) is 0.468. The first-order valence-corrected chi connectivity index (χ1v) is 14.0. The topological polar surface area (TPSA) is 69.1 Å². The van der Waals surface area contributed by atoms with E-state index in [1.54, 1.807) is 11.9 Å². The van der Waals surface area contributed by atoms with Crippen molar-refractivity contribution in [1.82, 2.24) is 19.6 Å². The molecule has 2 unspecified atom stereocenters. The van der Waals surface area contributed by atoms with Crippen molar-refractivity contribution >= 4 is 11.7 Å². The Morgan fingerprint density at radius 1 is 1.19 bits per heavy atom. The minimum absolute atomic E-state index is 0.0163. The van der Waals surface area contributed by atoms with Gasteiger partial charge in [-0.05, 0) is 92.2 Å². The van der Waals surface area contributed by atoms with Gasteiger partial charge in [-0.2, -0.15) is 5.10 Å². The summed E-state index contributed by atoms with van der Waals surface area (Å²) >= 11 is 0. The normalized spacial score (nSPS) is 25.9. The van der Waals surface area contributed by atoms with Crippen LogP contribution in [0.25, 0.3) is 5.57 Å². The highest BCUT2D eigenvalue weighted by atomic mass is 16.6. The van der Waals surface area contributed by atoms with Crippen LogP contribution in [0.5, 0.6) is 0 Å². The summed E-state index contributed by atoms with van der Waals surface area (Å²) in [5.41, 5.74) is 3.34. The SMILES string of the molecule is CN(CCN(C)C(=O)OC(C)(C)C)Cc1cn(C2CCCCO2)nc1C1=CCC2(CCOC2(C)C)CC1. The van der Waals surface area contributed by atoms with Gasteiger partial charge in [0.15, 0.2) is 0 Å². The van der Waals surface area contributed by atoms with E-state index in [1.807, 2.05) is 20.8 Å². The van der Waals surface area contributed by atoms with Crippen LogP contribution in [-0.4, -0.2) is 77.3 Å². The Labute approximate surface area is 223 Å². The van der Waals surface area contributed by atoms with Crippen LogP contribution in [0.1, 0.15) is 97.0 Å². The molecule has 1 spiro atoms. The highest BCUT2D eigenvalue weighted by Gasteiger charge is 2.50. The summed E-state index contributed by atoms with van der Waals surface area (Å²) in [5, 5.41) is 5.11. The highest BCUT2D eigenvalue weighted by molar-refractivity contribution is 5.68. The Kier molecular flexibility index (Phi) is 8.41. The van der Waals surface area contributed by atoms with Crippen molar-refractivity contribution in [3.8, 4) is 0 Å². The van der Waals surface area contributed by atoms with Gasteiger partial charge in [0.05, 0.1) is 11.3 Å². The highest BCUT2D eigenvalue weighted by Crippen LogP contribution is 2.53. The van der Waals surface area contributed by atoms with Gasteiger partial charge in [0, 0.05) is 57.1 Å². The first-order chi connectivity index (χ1) is 17.4. The summed E-state index contributed by atoms with van der Waals surface area (Å²) in [6.45, 7) is 13.9. The van der Waals surface area contributed by atoms with Gasteiger partial charge in [0.1, 0.15) is 11.8 Å². The van der Waals surface area contributed by atoms with Gasteiger partial charge in [-0.15, -0.1) is 0 Å². The number of aromatic nitrogens is 2. The Bertz CT molecular complexity index is 973. The van der Waals surface area contributed by atoms with Crippen molar-refractivity contribution in [3.63, 3.8) is 0 Å². The molecule has 0 saturated carbocycles. The molecule has 2 saturated heterocycles. The third-order valence-corrected chi connectivity index (χ3v) is 8.46. The van der Waals surface area contributed by atoms with Crippen LogP contribution in [0, 0.1) is 5.41 Å². The van der Waals surface area contributed by atoms with Crippen LogP contribution in [0.4, 0.5) is 4.79 Å². The third-order valence-electron chi connectivity index (χ3n) is 8.46. The summed E-state index contributed by atoms with van der Waals surface area (Å²) in [4.78, 5) is 16.3. The molecule has 1 amide bonds.